The monoisotopic (exact) mass is 805 g/mol. The second-order valence-corrected chi connectivity index (χ2v) is 17.1. The lowest BCUT2D eigenvalue weighted by Crippen LogP contribution is -2.64. The fourth-order valence-electron chi connectivity index (χ4n) is 11.1. The van der Waals surface area contributed by atoms with E-state index >= 15 is 8.78 Å². The Morgan fingerprint density at radius 1 is 1.12 bits per heavy atom. The summed E-state index contributed by atoms with van der Waals surface area (Å²) in [6, 6.07) is 5.36. The molecule has 13 heteroatoms. The Kier molecular flexibility index (Phi) is 10.5. The van der Waals surface area contributed by atoms with E-state index in [-0.39, 0.29) is 74.5 Å². The van der Waals surface area contributed by atoms with Crippen molar-refractivity contribution in [3.63, 3.8) is 0 Å². The van der Waals surface area contributed by atoms with Crippen LogP contribution in [0, 0.1) is 29.4 Å². The van der Waals surface area contributed by atoms with E-state index in [1.54, 1.807) is 0 Å². The molecule has 3 atom stereocenters. The number of likely N-dealkylation sites (tertiary alicyclic amines) is 1. The van der Waals surface area contributed by atoms with Gasteiger partial charge in [-0.05, 0) is 101 Å². The summed E-state index contributed by atoms with van der Waals surface area (Å²) in [5.41, 5.74) is -1.11. The summed E-state index contributed by atoms with van der Waals surface area (Å²) in [7, 11) is 2.10. The van der Waals surface area contributed by atoms with Crippen molar-refractivity contribution >= 4 is 39.3 Å². The number of phenolic OH excluding ortho intramolecular Hbond substituents is 1. The number of anilines is 1. The van der Waals surface area contributed by atoms with Crippen molar-refractivity contribution in [1.29, 1.82) is 0 Å². The molecule has 5 heterocycles. The molecule has 3 aliphatic carbocycles. The number of amides is 2. The highest BCUT2D eigenvalue weighted by Crippen LogP contribution is 2.63. The molecule has 6 aliphatic rings. The van der Waals surface area contributed by atoms with Crippen molar-refractivity contribution in [2.45, 2.75) is 108 Å². The normalized spacial score (nSPS) is 26.9. The van der Waals surface area contributed by atoms with Gasteiger partial charge in [0.05, 0.1) is 21.9 Å². The first-order valence-corrected chi connectivity index (χ1v) is 21.1. The van der Waals surface area contributed by atoms with Gasteiger partial charge >= 0.3 is 6.01 Å². The minimum Gasteiger partial charge on any atom is -0.508 e. The average Bonchev–Trinajstić information content (AvgIpc) is 3.96. The Hall–Kier alpha value is -5.35. The van der Waals surface area contributed by atoms with Gasteiger partial charge in [0.15, 0.2) is 5.82 Å². The molecule has 3 aliphatic heterocycles. The van der Waals surface area contributed by atoms with Crippen LogP contribution in [-0.4, -0.2) is 98.1 Å². The zero-order valence-corrected chi connectivity index (χ0v) is 34.4. The Balaban J connectivity index is 0.00000238. The largest absolute Gasteiger partial charge is 0.508 e. The van der Waals surface area contributed by atoms with Crippen LogP contribution in [0.1, 0.15) is 90.5 Å². The molecule has 4 bridgehead atoms. The Morgan fingerprint density at radius 3 is 2.53 bits per heavy atom. The van der Waals surface area contributed by atoms with E-state index in [1.165, 1.54) is 36.5 Å². The molecule has 0 spiro atoms. The number of likely N-dealkylation sites (N-methyl/N-ethyl adjacent to an activating group) is 1. The fraction of sp³-hybridized carbons (Fsp3) is 0.500. The first kappa shape index (κ1) is 40.4. The lowest BCUT2D eigenvalue weighted by atomic mass is 9.64. The number of carbonyl (C=O) groups is 2. The van der Waals surface area contributed by atoms with Gasteiger partial charge in [-0.25, -0.2) is 8.78 Å². The number of hydrogen-bond acceptors (Lipinski definition) is 9. The molecule has 6 fully saturated rings. The molecule has 310 valence electrons. The SMILES string of the molecule is C#Cc1c(F)ccc2cc(O)cc(-c3ncc4c(N5CC6CCC(C5)N6C(=O)C56CCC(NC(=O)C=C)(C5)C6)nc(OCC5(CCC)CCCN5C)nc4c3F)c12.CC. The molecule has 3 saturated carbocycles. The van der Waals surface area contributed by atoms with E-state index in [9.17, 15) is 14.7 Å². The van der Waals surface area contributed by atoms with Crippen LogP contribution in [0.3, 0.4) is 0 Å². The zero-order chi connectivity index (χ0) is 41.9. The van der Waals surface area contributed by atoms with Crippen LogP contribution in [0.25, 0.3) is 32.9 Å². The van der Waals surface area contributed by atoms with Crippen LogP contribution >= 0.6 is 0 Å². The molecule has 11 nitrogen and oxygen atoms in total. The van der Waals surface area contributed by atoms with Gasteiger partial charge in [0.2, 0.25) is 11.8 Å². The van der Waals surface area contributed by atoms with E-state index in [1.807, 2.05) is 13.8 Å². The van der Waals surface area contributed by atoms with Crippen LogP contribution in [0.15, 0.2) is 43.1 Å². The maximum Gasteiger partial charge on any atom is 0.319 e. The molecule has 3 saturated heterocycles. The second kappa shape index (κ2) is 15.4. The third-order valence-corrected chi connectivity index (χ3v) is 13.7. The quantitative estimate of drug-likeness (QED) is 0.126. The number of pyridine rings is 1. The minimum absolute atomic E-state index is 0.0254. The number of ether oxygens (including phenoxy) is 1. The van der Waals surface area contributed by atoms with Crippen molar-refractivity contribution in [1.82, 2.24) is 30.1 Å². The lowest BCUT2D eigenvalue weighted by Gasteiger charge is -2.51. The van der Waals surface area contributed by atoms with Crippen LogP contribution in [-0.2, 0) is 9.59 Å². The number of terminal acetylenes is 1. The van der Waals surface area contributed by atoms with Crippen LogP contribution < -0.4 is 15.0 Å². The van der Waals surface area contributed by atoms with Crippen LogP contribution in [0.2, 0.25) is 0 Å². The van der Waals surface area contributed by atoms with Gasteiger partial charge in [0.1, 0.15) is 35.2 Å². The predicted octanol–water partition coefficient (Wildman–Crippen LogP) is 7.27. The van der Waals surface area contributed by atoms with Gasteiger partial charge in [-0.1, -0.05) is 45.8 Å². The van der Waals surface area contributed by atoms with Gasteiger partial charge in [-0.3, -0.25) is 19.5 Å². The standard InChI is InChI=1S/C44H47F2N7O4.C2H6/c1-5-13-44(14-8-17-51(44)4)25-57-41-48-38-32(20-47-37(36(38)46)31-19-29(54)18-26-9-12-33(45)30(6-2)35(26)31)39(49-41)52-21-27-10-11-28(22-52)53(27)40(56)42-15-16-43(23-42,24-42)50-34(55)7-3;1-2/h2,7,9,12,18-20,27-28,54H,3,5,8,10-11,13-17,21-25H2,1,4H3,(H,50,55);1-2H3. The minimum atomic E-state index is -0.782. The number of nitrogens with one attached hydrogen (secondary N) is 1. The molecule has 59 heavy (non-hydrogen) atoms. The predicted molar refractivity (Wildman–Crippen MR) is 224 cm³/mol. The van der Waals surface area contributed by atoms with Crippen molar-refractivity contribution in [3.8, 4) is 35.4 Å². The number of nitrogens with zero attached hydrogens (tertiary/aromatic N) is 6. The molecule has 2 amide bonds. The molecule has 10 rings (SSSR count). The summed E-state index contributed by atoms with van der Waals surface area (Å²) in [4.78, 5) is 47.2. The highest BCUT2D eigenvalue weighted by atomic mass is 19.1. The van der Waals surface area contributed by atoms with Gasteiger partial charge < -0.3 is 25.0 Å². The Morgan fingerprint density at radius 2 is 1.86 bits per heavy atom. The maximum atomic E-state index is 17.2. The molecular weight excluding hydrogens is 753 g/mol. The first-order chi connectivity index (χ1) is 28.4. The zero-order valence-electron chi connectivity index (χ0n) is 34.4. The average molecular weight is 806 g/mol. The summed E-state index contributed by atoms with van der Waals surface area (Å²) < 4.78 is 38.7. The van der Waals surface area contributed by atoms with Gasteiger partial charge in [0, 0.05) is 47.9 Å². The topological polar surface area (TPSA) is 124 Å². The van der Waals surface area contributed by atoms with Crippen molar-refractivity contribution < 1.29 is 28.2 Å². The van der Waals surface area contributed by atoms with E-state index in [4.69, 9.17) is 16.1 Å². The number of aromatic hydroxyl groups is 1. The number of piperazine rings is 1. The number of benzene rings is 2. The molecule has 0 radical (unpaired) electrons. The fourth-order valence-corrected chi connectivity index (χ4v) is 11.1. The van der Waals surface area contributed by atoms with E-state index < -0.39 is 17.0 Å². The van der Waals surface area contributed by atoms with Gasteiger partial charge in [-0.15, -0.1) is 6.42 Å². The molecule has 2 aromatic carbocycles. The summed E-state index contributed by atoms with van der Waals surface area (Å²) in [5, 5.41) is 14.8. The highest BCUT2D eigenvalue weighted by Gasteiger charge is 2.67. The Labute approximate surface area is 344 Å². The third-order valence-electron chi connectivity index (χ3n) is 13.7. The number of phenols is 1. The van der Waals surface area contributed by atoms with Crippen molar-refractivity contribution in [2.75, 3.05) is 38.2 Å². The first-order valence-electron chi connectivity index (χ1n) is 21.1. The molecular formula is C46H53F2N7O4. The smallest absolute Gasteiger partial charge is 0.319 e. The van der Waals surface area contributed by atoms with Crippen molar-refractivity contribution in [2.24, 2.45) is 5.41 Å². The third kappa shape index (κ3) is 6.64. The molecule has 2 N–H and O–H groups in total. The number of carbonyl (C=O) groups excluding carboxylic acids is 2. The summed E-state index contributed by atoms with van der Waals surface area (Å²) in [5.74, 6) is 1.23. The van der Waals surface area contributed by atoms with E-state index in [2.05, 4.69) is 56.5 Å². The summed E-state index contributed by atoms with van der Waals surface area (Å²) >= 11 is 0. The van der Waals surface area contributed by atoms with E-state index in [0.717, 1.165) is 57.9 Å². The number of rotatable bonds is 10. The maximum absolute atomic E-state index is 17.2. The lowest BCUT2D eigenvalue weighted by molar-refractivity contribution is -0.152. The van der Waals surface area contributed by atoms with Crippen LogP contribution in [0.5, 0.6) is 11.8 Å². The number of hydrogen-bond donors (Lipinski definition) is 2. The molecule has 4 aromatic rings. The van der Waals surface area contributed by atoms with E-state index in [0.29, 0.717) is 49.1 Å². The number of fused-ring (bicyclic) bond motifs is 5. The summed E-state index contributed by atoms with van der Waals surface area (Å²) in [6.45, 7) is 12.0. The number of halogens is 2. The number of aromatic nitrogens is 3. The summed E-state index contributed by atoms with van der Waals surface area (Å²) in [6.07, 6.45) is 16.9. The Bertz CT molecular complexity index is 2380. The van der Waals surface area contributed by atoms with Gasteiger partial charge in [-0.2, -0.15) is 9.97 Å². The second-order valence-electron chi connectivity index (χ2n) is 17.1. The highest BCUT2D eigenvalue weighted by molar-refractivity contribution is 6.03. The molecule has 3 unspecified atom stereocenters. The van der Waals surface area contributed by atoms with Crippen LogP contribution in [0.4, 0.5) is 14.6 Å². The van der Waals surface area contributed by atoms with Crippen molar-refractivity contribution in [3.05, 3.63) is 60.3 Å². The molecule has 2 aromatic heterocycles. The van der Waals surface area contributed by atoms with Gasteiger partial charge in [0.25, 0.3) is 0 Å².